The molecule has 0 aliphatic carbocycles. The first-order valence-corrected chi connectivity index (χ1v) is 10.6. The van der Waals surface area contributed by atoms with Crippen molar-refractivity contribution >= 4 is 35.8 Å². The summed E-state index contributed by atoms with van der Waals surface area (Å²) in [5.41, 5.74) is 0.794. The fourth-order valence-electron chi connectivity index (χ4n) is 3.47. The van der Waals surface area contributed by atoms with Gasteiger partial charge in [0.2, 0.25) is 5.91 Å². The Balaban J connectivity index is 0.00000420. The van der Waals surface area contributed by atoms with E-state index in [1.807, 2.05) is 20.8 Å². The van der Waals surface area contributed by atoms with Crippen LogP contribution in [0.3, 0.4) is 0 Å². The van der Waals surface area contributed by atoms with Crippen LogP contribution in [0.1, 0.15) is 52.1 Å². The number of likely N-dealkylation sites (tertiary alicyclic amines) is 1. The molecule has 0 aromatic heterocycles. The molecule has 0 spiro atoms. The van der Waals surface area contributed by atoms with Gasteiger partial charge >= 0.3 is 0 Å². The maximum absolute atomic E-state index is 12.2. The zero-order valence-electron chi connectivity index (χ0n) is 18.3. The highest BCUT2D eigenvalue weighted by molar-refractivity contribution is 14.0. The number of amides is 1. The Kier molecular flexibility index (Phi) is 11.6. The van der Waals surface area contributed by atoms with Crippen molar-refractivity contribution in [1.82, 2.24) is 20.9 Å². The molecule has 7 heteroatoms. The van der Waals surface area contributed by atoms with Crippen LogP contribution in [0.4, 0.5) is 0 Å². The number of halogens is 1. The van der Waals surface area contributed by atoms with E-state index < -0.39 is 5.41 Å². The third-order valence-electron chi connectivity index (χ3n) is 5.16. The van der Waals surface area contributed by atoms with Crippen LogP contribution in [0, 0.1) is 5.41 Å². The minimum atomic E-state index is -0.536. The van der Waals surface area contributed by atoms with Gasteiger partial charge < -0.3 is 16.0 Å². The molecule has 6 nitrogen and oxygen atoms in total. The second-order valence-corrected chi connectivity index (χ2v) is 7.99. The summed E-state index contributed by atoms with van der Waals surface area (Å²) in [7, 11) is 0. The number of carbonyl (C=O) groups is 1. The van der Waals surface area contributed by atoms with E-state index in [-0.39, 0.29) is 29.9 Å². The molecule has 1 fully saturated rings. The Bertz CT molecular complexity index is 629. The lowest BCUT2D eigenvalue weighted by molar-refractivity contribution is -0.128. The van der Waals surface area contributed by atoms with Crippen LogP contribution >= 0.6 is 24.0 Å². The summed E-state index contributed by atoms with van der Waals surface area (Å²) in [6.45, 7) is 12.8. The molecule has 164 valence electrons. The van der Waals surface area contributed by atoms with Gasteiger partial charge in [0.1, 0.15) is 0 Å². The third kappa shape index (κ3) is 8.12. The molecular weight excluding hydrogens is 477 g/mol. The minimum Gasteiger partial charge on any atom is -0.357 e. The van der Waals surface area contributed by atoms with Gasteiger partial charge in [-0.25, -0.2) is 0 Å². The third-order valence-corrected chi connectivity index (χ3v) is 5.16. The molecule has 1 amide bonds. The lowest BCUT2D eigenvalue weighted by Crippen LogP contribution is -2.44. The molecule has 0 saturated carbocycles. The summed E-state index contributed by atoms with van der Waals surface area (Å²) < 4.78 is 0. The van der Waals surface area contributed by atoms with Gasteiger partial charge in [0.15, 0.2) is 5.96 Å². The standard InChI is InChI=1S/C22H37N5O.HI/c1-5-23-20(28)22(3,4)17-26-21(24-6-2)25-16-19(27-14-10-11-15-27)18-12-8-7-9-13-18;/h7-9,12-13,19H,5-6,10-11,14-17H2,1-4H3,(H,23,28)(H2,24,25,26);1H. The second kappa shape index (κ2) is 13.1. The van der Waals surface area contributed by atoms with Crippen molar-refractivity contribution < 1.29 is 4.79 Å². The molecule has 3 N–H and O–H groups in total. The lowest BCUT2D eigenvalue weighted by atomic mass is 9.92. The first-order valence-electron chi connectivity index (χ1n) is 10.6. The Labute approximate surface area is 193 Å². The number of hydrogen-bond donors (Lipinski definition) is 3. The highest BCUT2D eigenvalue weighted by Gasteiger charge is 2.27. The number of aliphatic imine (C=N–C) groups is 1. The van der Waals surface area contributed by atoms with Crippen molar-refractivity contribution in [3.8, 4) is 0 Å². The van der Waals surface area contributed by atoms with Gasteiger partial charge in [-0.15, -0.1) is 24.0 Å². The SMILES string of the molecule is CCNC(=O)C(C)(C)CN=C(NCC)NCC(c1ccccc1)N1CCCC1.I. The van der Waals surface area contributed by atoms with E-state index in [1.54, 1.807) is 0 Å². The predicted molar refractivity (Wildman–Crippen MR) is 132 cm³/mol. The van der Waals surface area contributed by atoms with E-state index >= 15 is 0 Å². The van der Waals surface area contributed by atoms with Crippen LogP contribution in [-0.2, 0) is 4.79 Å². The summed E-state index contributed by atoms with van der Waals surface area (Å²) in [5, 5.41) is 9.71. The quantitative estimate of drug-likeness (QED) is 0.269. The van der Waals surface area contributed by atoms with Gasteiger partial charge in [-0.05, 0) is 59.2 Å². The van der Waals surface area contributed by atoms with E-state index in [0.29, 0.717) is 19.1 Å². The summed E-state index contributed by atoms with van der Waals surface area (Å²) in [4.78, 5) is 19.5. The zero-order chi connectivity index (χ0) is 20.4. The van der Waals surface area contributed by atoms with E-state index in [1.165, 1.54) is 18.4 Å². The largest absolute Gasteiger partial charge is 0.357 e. The number of guanidine groups is 1. The van der Waals surface area contributed by atoms with Gasteiger partial charge in [0, 0.05) is 19.6 Å². The Morgan fingerprint density at radius 2 is 1.69 bits per heavy atom. The number of hydrogen-bond acceptors (Lipinski definition) is 3. The van der Waals surface area contributed by atoms with Gasteiger partial charge in [0.05, 0.1) is 18.0 Å². The fourth-order valence-corrected chi connectivity index (χ4v) is 3.47. The van der Waals surface area contributed by atoms with E-state index in [2.05, 4.69) is 58.1 Å². The molecule has 1 heterocycles. The minimum absolute atomic E-state index is 0. The van der Waals surface area contributed by atoms with Crippen molar-refractivity contribution in [3.63, 3.8) is 0 Å². The Morgan fingerprint density at radius 1 is 1.07 bits per heavy atom. The lowest BCUT2D eigenvalue weighted by Gasteiger charge is -2.29. The molecule has 1 aromatic carbocycles. The molecule has 1 unspecified atom stereocenters. The van der Waals surface area contributed by atoms with Crippen LogP contribution in [0.2, 0.25) is 0 Å². The number of carbonyl (C=O) groups excluding carboxylic acids is 1. The average molecular weight is 515 g/mol. The number of rotatable bonds is 9. The molecule has 1 aromatic rings. The summed E-state index contributed by atoms with van der Waals surface area (Å²) in [5.74, 6) is 0.800. The maximum atomic E-state index is 12.2. The molecule has 1 atom stereocenters. The molecule has 2 rings (SSSR count). The van der Waals surface area contributed by atoms with Crippen molar-refractivity contribution in [2.75, 3.05) is 39.3 Å². The molecule has 0 bridgehead atoms. The van der Waals surface area contributed by atoms with Crippen LogP contribution in [0.25, 0.3) is 0 Å². The van der Waals surface area contributed by atoms with Crippen molar-refractivity contribution in [2.45, 2.75) is 46.6 Å². The molecule has 1 aliphatic rings. The fraction of sp³-hybridized carbons (Fsp3) is 0.636. The predicted octanol–water partition coefficient (Wildman–Crippen LogP) is 3.16. The zero-order valence-corrected chi connectivity index (χ0v) is 20.7. The van der Waals surface area contributed by atoms with Crippen molar-refractivity contribution in [1.29, 1.82) is 0 Å². The smallest absolute Gasteiger partial charge is 0.227 e. The number of nitrogens with zero attached hydrogens (tertiary/aromatic N) is 2. The average Bonchev–Trinajstić information content (AvgIpc) is 3.21. The Hall–Kier alpha value is -1.35. The Morgan fingerprint density at radius 3 is 2.28 bits per heavy atom. The summed E-state index contributed by atoms with van der Waals surface area (Å²) >= 11 is 0. The van der Waals surface area contributed by atoms with Crippen LogP contribution in [0.5, 0.6) is 0 Å². The highest BCUT2D eigenvalue weighted by Crippen LogP contribution is 2.24. The van der Waals surface area contributed by atoms with Gasteiger partial charge in [0.25, 0.3) is 0 Å². The molecule has 1 aliphatic heterocycles. The topological polar surface area (TPSA) is 68.8 Å². The first-order chi connectivity index (χ1) is 13.5. The molecule has 0 radical (unpaired) electrons. The monoisotopic (exact) mass is 515 g/mol. The highest BCUT2D eigenvalue weighted by atomic mass is 127. The summed E-state index contributed by atoms with van der Waals surface area (Å²) in [6, 6.07) is 11.0. The van der Waals surface area contributed by atoms with E-state index in [4.69, 9.17) is 4.99 Å². The van der Waals surface area contributed by atoms with Gasteiger partial charge in [-0.2, -0.15) is 0 Å². The van der Waals surface area contributed by atoms with Crippen LogP contribution < -0.4 is 16.0 Å². The molecule has 29 heavy (non-hydrogen) atoms. The normalized spacial score (nSPS) is 16.1. The van der Waals surface area contributed by atoms with Crippen molar-refractivity contribution in [2.24, 2.45) is 10.4 Å². The van der Waals surface area contributed by atoms with Crippen molar-refractivity contribution in [3.05, 3.63) is 35.9 Å². The molecule has 1 saturated heterocycles. The first kappa shape index (κ1) is 25.7. The molecular formula is C22H38IN5O. The maximum Gasteiger partial charge on any atom is 0.227 e. The van der Waals surface area contributed by atoms with Crippen LogP contribution in [0.15, 0.2) is 35.3 Å². The number of benzene rings is 1. The van der Waals surface area contributed by atoms with Crippen LogP contribution in [-0.4, -0.2) is 56.0 Å². The van der Waals surface area contributed by atoms with Gasteiger partial charge in [-0.3, -0.25) is 14.7 Å². The van der Waals surface area contributed by atoms with E-state index in [9.17, 15) is 4.79 Å². The number of nitrogens with one attached hydrogen (secondary N) is 3. The summed E-state index contributed by atoms with van der Waals surface area (Å²) in [6.07, 6.45) is 2.52. The van der Waals surface area contributed by atoms with E-state index in [0.717, 1.165) is 32.1 Å². The second-order valence-electron chi connectivity index (χ2n) is 7.99. The van der Waals surface area contributed by atoms with Gasteiger partial charge in [-0.1, -0.05) is 30.3 Å².